The highest BCUT2D eigenvalue weighted by Gasteiger charge is 2.15. The molecule has 0 aromatic carbocycles. The molecular formula is C11H15N3O. The van der Waals surface area contributed by atoms with E-state index in [1.807, 2.05) is 0 Å². The molecule has 0 saturated carbocycles. The summed E-state index contributed by atoms with van der Waals surface area (Å²) < 4.78 is 5.75. The van der Waals surface area contributed by atoms with Crippen molar-refractivity contribution in [2.75, 3.05) is 31.1 Å². The zero-order chi connectivity index (χ0) is 10.1. The standard InChI is InChI=1S/C11H15N3O/c1-2-4-10-9(3-1)13-11(15-10)14-7-5-12-6-8-14/h3-4,12H,1-2,5-8H2. The fraction of sp³-hybridized carbons (Fsp3) is 0.545. The summed E-state index contributed by atoms with van der Waals surface area (Å²) in [5.74, 6) is 0. The van der Waals surface area contributed by atoms with E-state index < -0.39 is 0 Å². The fourth-order valence-electron chi connectivity index (χ4n) is 2.05. The maximum absolute atomic E-state index is 5.75. The van der Waals surface area contributed by atoms with Crippen LogP contribution in [-0.2, 0) is 0 Å². The average molecular weight is 205 g/mol. The van der Waals surface area contributed by atoms with E-state index in [4.69, 9.17) is 4.42 Å². The predicted molar refractivity (Wildman–Crippen MR) is 59.0 cm³/mol. The second-order valence-corrected chi connectivity index (χ2v) is 3.97. The molecule has 0 radical (unpaired) electrons. The van der Waals surface area contributed by atoms with E-state index in [0.717, 1.165) is 55.8 Å². The van der Waals surface area contributed by atoms with Gasteiger partial charge in [-0.15, -0.1) is 0 Å². The lowest BCUT2D eigenvalue weighted by Crippen LogP contribution is -2.43. The molecule has 4 heteroatoms. The van der Waals surface area contributed by atoms with Gasteiger partial charge in [-0.2, -0.15) is 4.98 Å². The maximum Gasteiger partial charge on any atom is 0.298 e. The zero-order valence-corrected chi connectivity index (χ0v) is 8.70. The Balaban J connectivity index is 1.95. The zero-order valence-electron chi connectivity index (χ0n) is 8.70. The molecule has 1 N–H and O–H groups in total. The molecular weight excluding hydrogens is 190 g/mol. The molecule has 2 aliphatic rings. The van der Waals surface area contributed by atoms with Gasteiger partial charge in [0.15, 0.2) is 5.42 Å². The minimum atomic E-state index is 0.788. The van der Waals surface area contributed by atoms with Gasteiger partial charge in [-0.1, -0.05) is 6.08 Å². The molecule has 1 aromatic rings. The number of nitrogens with zero attached hydrogens (tertiary/aromatic N) is 2. The summed E-state index contributed by atoms with van der Waals surface area (Å²) in [4.78, 5) is 6.72. The van der Waals surface area contributed by atoms with Crippen LogP contribution in [0, 0.1) is 0 Å². The van der Waals surface area contributed by atoms with Crippen LogP contribution >= 0.6 is 0 Å². The summed E-state index contributed by atoms with van der Waals surface area (Å²) in [6, 6.07) is 0.788. The summed E-state index contributed by atoms with van der Waals surface area (Å²) in [6.07, 6.45) is 6.45. The van der Waals surface area contributed by atoms with E-state index in [1.165, 1.54) is 0 Å². The molecule has 1 aliphatic heterocycles. The van der Waals surface area contributed by atoms with Crippen LogP contribution in [-0.4, -0.2) is 31.2 Å². The maximum atomic E-state index is 5.75. The number of hydrogen-bond acceptors (Lipinski definition) is 4. The molecule has 4 nitrogen and oxygen atoms in total. The number of oxazole rings is 1. The van der Waals surface area contributed by atoms with E-state index in [9.17, 15) is 0 Å². The molecule has 2 heterocycles. The second kappa shape index (κ2) is 3.70. The van der Waals surface area contributed by atoms with Crippen LogP contribution in [0.3, 0.4) is 0 Å². The van der Waals surface area contributed by atoms with Crippen LogP contribution in [0.5, 0.6) is 0 Å². The lowest BCUT2D eigenvalue weighted by Gasteiger charge is -2.25. The number of aromatic nitrogens is 1. The molecule has 1 saturated heterocycles. The third-order valence-corrected chi connectivity index (χ3v) is 2.89. The first-order valence-electron chi connectivity index (χ1n) is 5.56. The fourth-order valence-corrected chi connectivity index (χ4v) is 2.05. The summed E-state index contributed by atoms with van der Waals surface area (Å²) in [5.41, 5.74) is 0.954. The lowest BCUT2D eigenvalue weighted by atomic mass is 10.2. The molecule has 0 spiro atoms. The van der Waals surface area contributed by atoms with Gasteiger partial charge >= 0.3 is 0 Å². The Labute approximate surface area is 88.3 Å². The van der Waals surface area contributed by atoms with E-state index in [2.05, 4.69) is 27.4 Å². The number of anilines is 1. The number of piperazine rings is 1. The molecule has 15 heavy (non-hydrogen) atoms. The van der Waals surface area contributed by atoms with E-state index in [1.54, 1.807) is 0 Å². The number of hydrogen-bond donors (Lipinski definition) is 1. The number of nitrogens with one attached hydrogen (secondary N) is 1. The first-order chi connectivity index (χ1) is 7.43. The molecule has 0 amide bonds. The molecule has 1 aromatic heterocycles. The van der Waals surface area contributed by atoms with Crippen molar-refractivity contribution in [1.29, 1.82) is 0 Å². The van der Waals surface area contributed by atoms with Gasteiger partial charge in [0.1, 0.15) is 5.35 Å². The predicted octanol–water partition coefficient (Wildman–Crippen LogP) is -0.561. The highest BCUT2D eigenvalue weighted by molar-refractivity contribution is 5.36. The van der Waals surface area contributed by atoms with Gasteiger partial charge in [0, 0.05) is 26.2 Å². The van der Waals surface area contributed by atoms with E-state index in [-0.39, 0.29) is 0 Å². The molecule has 1 aliphatic carbocycles. The second-order valence-electron chi connectivity index (χ2n) is 3.97. The smallest absolute Gasteiger partial charge is 0.298 e. The van der Waals surface area contributed by atoms with Crippen LogP contribution in [0.25, 0.3) is 12.2 Å². The van der Waals surface area contributed by atoms with Gasteiger partial charge in [0.05, 0.1) is 0 Å². The van der Waals surface area contributed by atoms with E-state index in [0.29, 0.717) is 0 Å². The summed E-state index contributed by atoms with van der Waals surface area (Å²) >= 11 is 0. The number of fused-ring (bicyclic) bond motifs is 1. The van der Waals surface area contributed by atoms with Gasteiger partial charge in [0.25, 0.3) is 6.01 Å². The lowest BCUT2D eigenvalue weighted by molar-refractivity contribution is 0.480. The summed E-state index contributed by atoms with van der Waals surface area (Å²) in [6.45, 7) is 4.00. The Morgan fingerprint density at radius 1 is 1.20 bits per heavy atom. The van der Waals surface area contributed by atoms with Crippen molar-refractivity contribution in [3.8, 4) is 0 Å². The highest BCUT2D eigenvalue weighted by atomic mass is 16.4. The van der Waals surface area contributed by atoms with Gasteiger partial charge < -0.3 is 14.6 Å². The van der Waals surface area contributed by atoms with Crippen molar-refractivity contribution in [2.24, 2.45) is 0 Å². The molecule has 80 valence electrons. The molecule has 1 fully saturated rings. The third kappa shape index (κ3) is 1.65. The molecule has 0 bridgehead atoms. The Morgan fingerprint density at radius 3 is 2.80 bits per heavy atom. The van der Waals surface area contributed by atoms with Gasteiger partial charge in [-0.3, -0.25) is 0 Å². The van der Waals surface area contributed by atoms with Crippen molar-refractivity contribution in [3.05, 3.63) is 10.8 Å². The first kappa shape index (κ1) is 8.97. The monoisotopic (exact) mass is 205 g/mol. The Hall–Kier alpha value is -1.29. The highest BCUT2D eigenvalue weighted by Crippen LogP contribution is 2.07. The normalized spacial score (nSPS) is 20.4. The van der Waals surface area contributed by atoms with E-state index >= 15 is 0 Å². The minimum Gasteiger partial charge on any atom is -0.424 e. The SMILES string of the molecule is C1=c2nc(N3CCNCC3)oc2=CCC1. The van der Waals surface area contributed by atoms with Crippen molar-refractivity contribution in [3.63, 3.8) is 0 Å². The Morgan fingerprint density at radius 2 is 2.00 bits per heavy atom. The quantitative estimate of drug-likeness (QED) is 0.667. The third-order valence-electron chi connectivity index (χ3n) is 2.89. The van der Waals surface area contributed by atoms with Crippen molar-refractivity contribution >= 4 is 18.2 Å². The topological polar surface area (TPSA) is 41.3 Å². The first-order valence-corrected chi connectivity index (χ1v) is 5.56. The average Bonchev–Trinajstić information content (AvgIpc) is 2.74. The number of rotatable bonds is 1. The van der Waals surface area contributed by atoms with Crippen LogP contribution in [0.1, 0.15) is 12.8 Å². The minimum absolute atomic E-state index is 0.788. The van der Waals surface area contributed by atoms with Crippen molar-refractivity contribution in [1.82, 2.24) is 10.3 Å². The summed E-state index contributed by atoms with van der Waals surface area (Å²) in [5, 5.41) is 4.34. The summed E-state index contributed by atoms with van der Waals surface area (Å²) in [7, 11) is 0. The van der Waals surface area contributed by atoms with Gasteiger partial charge in [-0.05, 0) is 18.9 Å². The molecule has 3 rings (SSSR count). The van der Waals surface area contributed by atoms with Crippen LogP contribution in [0.15, 0.2) is 4.42 Å². The van der Waals surface area contributed by atoms with Crippen LogP contribution in [0.4, 0.5) is 6.01 Å². The Bertz CT molecular complexity index is 423. The van der Waals surface area contributed by atoms with Crippen molar-refractivity contribution < 1.29 is 4.42 Å². The Kier molecular flexibility index (Phi) is 2.21. The van der Waals surface area contributed by atoms with Crippen molar-refractivity contribution in [2.45, 2.75) is 12.8 Å². The van der Waals surface area contributed by atoms with Crippen LogP contribution < -0.4 is 21.0 Å². The van der Waals surface area contributed by atoms with Gasteiger partial charge in [0.2, 0.25) is 0 Å². The molecule has 0 unspecified atom stereocenters. The van der Waals surface area contributed by atoms with Crippen LogP contribution in [0.2, 0.25) is 0 Å². The molecule has 0 atom stereocenters. The largest absolute Gasteiger partial charge is 0.424 e. The van der Waals surface area contributed by atoms with Gasteiger partial charge in [-0.25, -0.2) is 0 Å².